The van der Waals surface area contributed by atoms with Gasteiger partial charge in [0.1, 0.15) is 11.6 Å². The van der Waals surface area contributed by atoms with Crippen molar-refractivity contribution >= 4 is 34.6 Å². The van der Waals surface area contributed by atoms with Gasteiger partial charge in [-0.25, -0.2) is 9.97 Å². The van der Waals surface area contributed by atoms with Crippen molar-refractivity contribution in [2.24, 2.45) is 0 Å². The van der Waals surface area contributed by atoms with E-state index in [9.17, 15) is 4.79 Å². The minimum absolute atomic E-state index is 0.131. The van der Waals surface area contributed by atoms with Crippen LogP contribution in [0.1, 0.15) is 45.1 Å². The van der Waals surface area contributed by atoms with E-state index in [0.717, 1.165) is 86.3 Å². The van der Waals surface area contributed by atoms with Gasteiger partial charge >= 0.3 is 0 Å². The number of aromatic nitrogens is 3. The molecule has 0 bridgehead atoms. The van der Waals surface area contributed by atoms with Crippen LogP contribution >= 0.6 is 0 Å². The number of hydrogen-bond donors (Lipinski definition) is 1. The van der Waals surface area contributed by atoms with Crippen molar-refractivity contribution in [1.82, 2.24) is 19.9 Å². The predicted molar refractivity (Wildman–Crippen MR) is 141 cm³/mol. The van der Waals surface area contributed by atoms with E-state index in [2.05, 4.69) is 36.1 Å². The Morgan fingerprint density at radius 3 is 2.53 bits per heavy atom. The molecule has 4 aliphatic rings. The molecule has 0 atom stereocenters. The van der Waals surface area contributed by atoms with E-state index in [1.54, 1.807) is 6.92 Å². The number of anilines is 4. The highest BCUT2D eigenvalue weighted by Gasteiger charge is 2.34. The molecule has 3 fully saturated rings. The lowest BCUT2D eigenvalue weighted by Crippen LogP contribution is -2.61. The topological polar surface area (TPSA) is 86.7 Å². The molecule has 3 aliphatic heterocycles. The first-order valence-corrected chi connectivity index (χ1v) is 13.2. The van der Waals surface area contributed by atoms with Gasteiger partial charge in [-0.1, -0.05) is 12.8 Å². The molecular formula is C27H35N7O2. The largest absolute Gasteiger partial charge is 0.379 e. The van der Waals surface area contributed by atoms with E-state index in [1.165, 1.54) is 12.8 Å². The Labute approximate surface area is 212 Å². The van der Waals surface area contributed by atoms with E-state index in [4.69, 9.17) is 9.72 Å². The van der Waals surface area contributed by atoms with Gasteiger partial charge in [-0.15, -0.1) is 0 Å². The number of allylic oxidation sites excluding steroid dienone is 1. The highest BCUT2D eigenvalue weighted by atomic mass is 16.5. The highest BCUT2D eigenvalue weighted by Crippen LogP contribution is 2.38. The van der Waals surface area contributed by atoms with Gasteiger partial charge in [0.25, 0.3) is 0 Å². The van der Waals surface area contributed by atoms with Gasteiger partial charge in [0.05, 0.1) is 25.1 Å². The number of pyridine rings is 1. The van der Waals surface area contributed by atoms with Crippen LogP contribution in [0, 0.1) is 0 Å². The first-order valence-electron chi connectivity index (χ1n) is 13.2. The number of Topliss-reactive ketones (excluding diaryl/α,β-unsaturated/α-hetero) is 1. The van der Waals surface area contributed by atoms with Crippen LogP contribution in [0.5, 0.6) is 0 Å². The molecule has 0 amide bonds. The molecule has 2 saturated heterocycles. The molecule has 0 radical (unpaired) electrons. The second-order valence-corrected chi connectivity index (χ2v) is 10.4. The molecule has 190 valence electrons. The molecule has 0 spiro atoms. The molecule has 1 saturated carbocycles. The molecule has 5 heterocycles. The summed E-state index contributed by atoms with van der Waals surface area (Å²) in [4.78, 5) is 33.7. The summed E-state index contributed by atoms with van der Waals surface area (Å²) in [5, 5.41) is 3.29. The van der Waals surface area contributed by atoms with Crippen LogP contribution in [0.15, 0.2) is 30.1 Å². The first kappa shape index (κ1) is 23.4. The maximum absolute atomic E-state index is 12.3. The Hall–Kier alpha value is -3.04. The number of ether oxygens (including phenoxy) is 1. The normalized spacial score (nSPS) is 21.5. The van der Waals surface area contributed by atoms with Crippen LogP contribution in [0.4, 0.5) is 23.3 Å². The van der Waals surface area contributed by atoms with Crippen molar-refractivity contribution in [3.63, 3.8) is 0 Å². The van der Waals surface area contributed by atoms with E-state index < -0.39 is 0 Å². The number of morpholine rings is 1. The van der Waals surface area contributed by atoms with E-state index >= 15 is 0 Å². The third kappa shape index (κ3) is 4.46. The van der Waals surface area contributed by atoms with Crippen LogP contribution in [-0.4, -0.2) is 83.7 Å². The quantitative estimate of drug-likeness (QED) is 0.657. The van der Waals surface area contributed by atoms with E-state index in [-0.39, 0.29) is 5.78 Å². The fraction of sp³-hybridized carbons (Fsp3) is 0.556. The Kier molecular flexibility index (Phi) is 6.35. The van der Waals surface area contributed by atoms with Crippen molar-refractivity contribution in [2.45, 2.75) is 51.6 Å². The van der Waals surface area contributed by atoms with Crippen LogP contribution < -0.4 is 15.1 Å². The van der Waals surface area contributed by atoms with Gasteiger partial charge in [-0.2, -0.15) is 4.98 Å². The Morgan fingerprint density at radius 2 is 1.83 bits per heavy atom. The van der Waals surface area contributed by atoms with Crippen molar-refractivity contribution in [2.75, 3.05) is 61.1 Å². The molecule has 0 unspecified atom stereocenters. The van der Waals surface area contributed by atoms with Crippen LogP contribution in [0.3, 0.4) is 0 Å². The summed E-state index contributed by atoms with van der Waals surface area (Å²) in [5.41, 5.74) is 3.96. The molecular weight excluding hydrogens is 454 g/mol. The highest BCUT2D eigenvalue weighted by molar-refractivity contribution is 6.04. The number of nitrogens with one attached hydrogen (secondary N) is 1. The zero-order valence-electron chi connectivity index (χ0n) is 21.2. The Morgan fingerprint density at radius 1 is 1.06 bits per heavy atom. The molecule has 1 aliphatic carbocycles. The van der Waals surface area contributed by atoms with Crippen LogP contribution in [0.25, 0.3) is 5.57 Å². The SMILES string of the molecule is CC(=O)C1=C(C)c2cnc(Nc3ccc(N4CC(N5CCOCC5)C4)cn3)nc2N(C2CCCC2)C1. The smallest absolute Gasteiger partial charge is 0.230 e. The number of carbonyl (C=O) groups is 1. The standard InChI is InChI=1S/C27H35N7O2/c1-18-23-14-29-27(31-26(23)34(17-24(18)19(2)35)20-5-3-4-6-20)30-25-8-7-21(13-28-25)33-15-22(16-33)32-9-11-36-12-10-32/h7-8,13-14,20,22H,3-6,9-12,15-17H2,1-2H3,(H,28,29,30,31). The zero-order chi connectivity index (χ0) is 24.6. The predicted octanol–water partition coefficient (Wildman–Crippen LogP) is 3.26. The molecule has 6 rings (SSSR count). The molecule has 9 nitrogen and oxygen atoms in total. The third-order valence-corrected chi connectivity index (χ3v) is 8.19. The summed E-state index contributed by atoms with van der Waals surface area (Å²) in [5.74, 6) is 2.32. The zero-order valence-corrected chi connectivity index (χ0v) is 21.2. The summed E-state index contributed by atoms with van der Waals surface area (Å²) in [6.07, 6.45) is 8.51. The second-order valence-electron chi connectivity index (χ2n) is 10.4. The van der Waals surface area contributed by atoms with Crippen LogP contribution in [0.2, 0.25) is 0 Å². The molecule has 2 aromatic rings. The fourth-order valence-electron chi connectivity index (χ4n) is 5.94. The number of carbonyl (C=O) groups excluding carboxylic acids is 1. The second kappa shape index (κ2) is 9.78. The van der Waals surface area contributed by atoms with Gasteiger partial charge in [-0.05, 0) is 44.4 Å². The number of ketones is 1. The van der Waals surface area contributed by atoms with Crippen molar-refractivity contribution in [3.8, 4) is 0 Å². The van der Waals surface area contributed by atoms with Gasteiger partial charge < -0.3 is 19.9 Å². The molecule has 36 heavy (non-hydrogen) atoms. The minimum Gasteiger partial charge on any atom is -0.379 e. The first-order chi connectivity index (χ1) is 17.6. The average molecular weight is 490 g/mol. The molecule has 1 N–H and O–H groups in total. The molecule has 9 heteroatoms. The minimum atomic E-state index is 0.131. The summed E-state index contributed by atoms with van der Waals surface area (Å²) >= 11 is 0. The fourth-order valence-corrected chi connectivity index (χ4v) is 5.94. The molecule has 2 aromatic heterocycles. The monoisotopic (exact) mass is 489 g/mol. The third-order valence-electron chi connectivity index (χ3n) is 8.19. The molecule has 0 aromatic carbocycles. The average Bonchev–Trinajstić information content (AvgIpc) is 3.40. The number of hydrogen-bond acceptors (Lipinski definition) is 9. The van der Waals surface area contributed by atoms with E-state index in [1.807, 2.05) is 25.4 Å². The maximum atomic E-state index is 12.3. The van der Waals surface area contributed by atoms with Gasteiger partial charge in [-0.3, -0.25) is 9.69 Å². The van der Waals surface area contributed by atoms with E-state index in [0.29, 0.717) is 24.6 Å². The Balaban J connectivity index is 1.16. The lowest BCUT2D eigenvalue weighted by molar-refractivity contribution is -0.113. The number of rotatable bonds is 6. The summed E-state index contributed by atoms with van der Waals surface area (Å²) in [6.45, 7) is 10.1. The number of nitrogens with zero attached hydrogens (tertiary/aromatic N) is 6. The van der Waals surface area contributed by atoms with Gasteiger partial charge in [0.2, 0.25) is 5.95 Å². The Bertz CT molecular complexity index is 1150. The van der Waals surface area contributed by atoms with Gasteiger partial charge in [0.15, 0.2) is 5.78 Å². The lowest BCUT2D eigenvalue weighted by atomic mass is 9.94. The van der Waals surface area contributed by atoms with Crippen molar-refractivity contribution in [3.05, 3.63) is 35.7 Å². The maximum Gasteiger partial charge on any atom is 0.230 e. The van der Waals surface area contributed by atoms with Crippen molar-refractivity contribution in [1.29, 1.82) is 0 Å². The summed E-state index contributed by atoms with van der Waals surface area (Å²) < 4.78 is 5.47. The lowest BCUT2D eigenvalue weighted by Gasteiger charge is -2.47. The van der Waals surface area contributed by atoms with Crippen molar-refractivity contribution < 1.29 is 9.53 Å². The van der Waals surface area contributed by atoms with Gasteiger partial charge in [0, 0.05) is 62.1 Å². The number of fused-ring (bicyclic) bond motifs is 1. The summed E-state index contributed by atoms with van der Waals surface area (Å²) in [6, 6.07) is 5.14. The summed E-state index contributed by atoms with van der Waals surface area (Å²) in [7, 11) is 0. The van der Waals surface area contributed by atoms with Crippen LogP contribution in [-0.2, 0) is 9.53 Å².